The molecule has 0 spiro atoms. The van der Waals surface area contributed by atoms with Crippen molar-refractivity contribution in [2.75, 3.05) is 0 Å². The maximum Gasteiger partial charge on any atom is 0.268 e. The second-order valence-corrected chi connectivity index (χ2v) is 7.29. The number of rotatable bonds is 2. The second-order valence-electron chi connectivity index (χ2n) is 7.29. The second kappa shape index (κ2) is 6.59. The van der Waals surface area contributed by atoms with E-state index in [1.807, 2.05) is 19.1 Å². The molecule has 3 aromatic heterocycles. The Bertz CT molecular complexity index is 1040. The van der Waals surface area contributed by atoms with E-state index >= 15 is 0 Å². The van der Waals surface area contributed by atoms with Gasteiger partial charge < -0.3 is 9.88 Å². The Balaban J connectivity index is 1.76. The Labute approximate surface area is 151 Å². The van der Waals surface area contributed by atoms with Gasteiger partial charge in [-0.1, -0.05) is 31.7 Å². The van der Waals surface area contributed by atoms with Crippen LogP contribution in [0.1, 0.15) is 54.6 Å². The molecule has 26 heavy (non-hydrogen) atoms. The maximum absolute atomic E-state index is 12.8. The number of nitrogens with one attached hydrogen (secondary N) is 1. The zero-order valence-electron chi connectivity index (χ0n) is 15.3. The number of carbonyl (C=O) groups is 1. The Morgan fingerprint density at radius 2 is 1.92 bits per heavy atom. The molecule has 0 bridgehead atoms. The molecule has 1 saturated carbocycles. The molecule has 0 atom stereocenters. The van der Waals surface area contributed by atoms with E-state index in [2.05, 4.69) is 10.3 Å². The van der Waals surface area contributed by atoms with Gasteiger partial charge in [0.05, 0.1) is 5.39 Å². The van der Waals surface area contributed by atoms with Crippen LogP contribution in [0.3, 0.4) is 0 Å². The van der Waals surface area contributed by atoms with Crippen LogP contribution in [0.4, 0.5) is 0 Å². The summed E-state index contributed by atoms with van der Waals surface area (Å²) in [5, 5.41) is 3.63. The minimum Gasteiger partial charge on any atom is -0.348 e. The summed E-state index contributed by atoms with van der Waals surface area (Å²) in [6, 6.07) is 5.65. The molecule has 3 heterocycles. The molecular formula is C20H24N4O2. The summed E-state index contributed by atoms with van der Waals surface area (Å²) < 4.78 is 3.28. The molecule has 0 aromatic carbocycles. The number of aromatic nitrogens is 3. The fourth-order valence-electron chi connectivity index (χ4n) is 3.93. The number of carbonyl (C=O) groups excluding carboxylic acids is 1. The average molecular weight is 352 g/mol. The summed E-state index contributed by atoms with van der Waals surface area (Å²) >= 11 is 0. The van der Waals surface area contributed by atoms with Crippen molar-refractivity contribution in [3.05, 3.63) is 46.0 Å². The Morgan fingerprint density at radius 1 is 1.19 bits per heavy atom. The summed E-state index contributed by atoms with van der Waals surface area (Å²) in [5.74, 6) is -0.123. The minimum atomic E-state index is -0.141. The number of pyridine rings is 1. The van der Waals surface area contributed by atoms with Gasteiger partial charge in [0.15, 0.2) is 0 Å². The lowest BCUT2D eigenvalue weighted by Gasteiger charge is -2.16. The van der Waals surface area contributed by atoms with E-state index in [4.69, 9.17) is 0 Å². The number of aryl methyl sites for hydroxylation is 2. The van der Waals surface area contributed by atoms with Gasteiger partial charge in [-0.25, -0.2) is 4.98 Å². The van der Waals surface area contributed by atoms with Gasteiger partial charge in [0, 0.05) is 19.3 Å². The molecule has 1 aliphatic carbocycles. The Morgan fingerprint density at radius 3 is 2.65 bits per heavy atom. The van der Waals surface area contributed by atoms with E-state index in [0.29, 0.717) is 22.4 Å². The molecule has 6 nitrogen and oxygen atoms in total. The zero-order chi connectivity index (χ0) is 18.3. The standard InChI is InChI=1S/C20H24N4O2/c1-13-8-7-11-24-17(13)22-18-15(20(24)26)12-16(23(18)2)19(25)21-14-9-5-3-4-6-10-14/h7-8,11-12,14H,3-6,9-10H2,1-2H3,(H,21,25). The topological polar surface area (TPSA) is 68.4 Å². The number of hydrogen-bond donors (Lipinski definition) is 1. The van der Waals surface area contributed by atoms with E-state index < -0.39 is 0 Å². The van der Waals surface area contributed by atoms with Crippen LogP contribution in [0.25, 0.3) is 16.7 Å². The predicted octanol–water partition coefficient (Wildman–Crippen LogP) is 2.95. The molecule has 136 valence electrons. The third-order valence-electron chi connectivity index (χ3n) is 5.45. The van der Waals surface area contributed by atoms with Crippen molar-refractivity contribution in [3.63, 3.8) is 0 Å². The summed E-state index contributed by atoms with van der Waals surface area (Å²) in [6.45, 7) is 1.93. The van der Waals surface area contributed by atoms with Crippen LogP contribution in [-0.4, -0.2) is 25.9 Å². The van der Waals surface area contributed by atoms with Crippen molar-refractivity contribution >= 4 is 22.6 Å². The van der Waals surface area contributed by atoms with Crippen molar-refractivity contribution in [2.24, 2.45) is 7.05 Å². The van der Waals surface area contributed by atoms with E-state index in [0.717, 1.165) is 31.2 Å². The smallest absolute Gasteiger partial charge is 0.268 e. The minimum absolute atomic E-state index is 0.123. The van der Waals surface area contributed by atoms with Gasteiger partial charge in [0.25, 0.3) is 11.5 Å². The normalized spacial score (nSPS) is 16.1. The van der Waals surface area contributed by atoms with E-state index in [1.54, 1.807) is 28.3 Å². The highest BCUT2D eigenvalue weighted by Gasteiger charge is 2.21. The van der Waals surface area contributed by atoms with Gasteiger partial charge in [-0.2, -0.15) is 0 Å². The first-order chi connectivity index (χ1) is 12.6. The number of hydrogen-bond acceptors (Lipinski definition) is 3. The number of nitrogens with zero attached hydrogens (tertiary/aromatic N) is 3. The molecule has 0 saturated heterocycles. The lowest BCUT2D eigenvalue weighted by molar-refractivity contribution is 0.0925. The van der Waals surface area contributed by atoms with Gasteiger partial charge in [-0.05, 0) is 37.5 Å². The fraction of sp³-hybridized carbons (Fsp3) is 0.450. The van der Waals surface area contributed by atoms with E-state index in [1.165, 1.54) is 12.8 Å². The highest BCUT2D eigenvalue weighted by atomic mass is 16.2. The van der Waals surface area contributed by atoms with Crippen LogP contribution in [0.5, 0.6) is 0 Å². The van der Waals surface area contributed by atoms with Gasteiger partial charge >= 0.3 is 0 Å². The first-order valence-electron chi connectivity index (χ1n) is 9.34. The van der Waals surface area contributed by atoms with Crippen molar-refractivity contribution in [3.8, 4) is 0 Å². The van der Waals surface area contributed by atoms with Crippen molar-refractivity contribution in [1.82, 2.24) is 19.3 Å². The summed E-state index contributed by atoms with van der Waals surface area (Å²) in [7, 11) is 1.80. The third-order valence-corrected chi connectivity index (χ3v) is 5.45. The molecule has 4 rings (SSSR count). The van der Waals surface area contributed by atoms with Gasteiger partial charge in [-0.3, -0.25) is 14.0 Å². The van der Waals surface area contributed by atoms with E-state index in [-0.39, 0.29) is 17.5 Å². The summed E-state index contributed by atoms with van der Waals surface area (Å²) in [4.78, 5) is 30.3. The van der Waals surface area contributed by atoms with Gasteiger partial charge in [0.1, 0.15) is 17.0 Å². The van der Waals surface area contributed by atoms with Crippen molar-refractivity contribution in [1.29, 1.82) is 0 Å². The molecule has 3 aromatic rings. The van der Waals surface area contributed by atoms with Gasteiger partial charge in [-0.15, -0.1) is 0 Å². The SMILES string of the molecule is Cc1cccn2c(=O)c3cc(C(=O)NC4CCCCCC4)n(C)c3nc12. The third kappa shape index (κ3) is 2.79. The van der Waals surface area contributed by atoms with Crippen LogP contribution < -0.4 is 10.9 Å². The van der Waals surface area contributed by atoms with Gasteiger partial charge in [0.2, 0.25) is 0 Å². The molecule has 0 aliphatic heterocycles. The zero-order valence-corrected chi connectivity index (χ0v) is 15.3. The van der Waals surface area contributed by atoms with Crippen LogP contribution >= 0.6 is 0 Å². The number of amides is 1. The van der Waals surface area contributed by atoms with Crippen molar-refractivity contribution in [2.45, 2.75) is 51.5 Å². The van der Waals surface area contributed by atoms with Crippen LogP contribution in [0.2, 0.25) is 0 Å². The van der Waals surface area contributed by atoms with Crippen molar-refractivity contribution < 1.29 is 4.79 Å². The molecule has 1 fully saturated rings. The lowest BCUT2D eigenvalue weighted by atomic mass is 10.1. The fourth-order valence-corrected chi connectivity index (χ4v) is 3.93. The number of fused-ring (bicyclic) bond motifs is 2. The molecular weight excluding hydrogens is 328 g/mol. The van der Waals surface area contributed by atoms with Crippen LogP contribution in [-0.2, 0) is 7.05 Å². The maximum atomic E-state index is 12.8. The Hall–Kier alpha value is -2.63. The molecule has 6 heteroatoms. The lowest BCUT2D eigenvalue weighted by Crippen LogP contribution is -2.35. The molecule has 1 amide bonds. The monoisotopic (exact) mass is 352 g/mol. The first-order valence-corrected chi connectivity index (χ1v) is 9.34. The molecule has 0 radical (unpaired) electrons. The van der Waals surface area contributed by atoms with Crippen LogP contribution in [0.15, 0.2) is 29.2 Å². The average Bonchev–Trinajstić information content (AvgIpc) is 2.80. The van der Waals surface area contributed by atoms with Crippen LogP contribution in [0, 0.1) is 6.92 Å². The highest BCUT2D eigenvalue weighted by Crippen LogP contribution is 2.19. The summed E-state index contributed by atoms with van der Waals surface area (Å²) in [5.41, 5.74) is 2.45. The quantitative estimate of drug-likeness (QED) is 0.721. The molecule has 1 N–H and O–H groups in total. The van der Waals surface area contributed by atoms with E-state index in [9.17, 15) is 9.59 Å². The largest absolute Gasteiger partial charge is 0.348 e. The summed E-state index contributed by atoms with van der Waals surface area (Å²) in [6.07, 6.45) is 8.58. The molecule has 1 aliphatic rings. The highest BCUT2D eigenvalue weighted by molar-refractivity contribution is 5.98. The predicted molar refractivity (Wildman–Crippen MR) is 102 cm³/mol. The molecule has 0 unspecified atom stereocenters. The first kappa shape index (κ1) is 16.8. The Kier molecular flexibility index (Phi) is 4.26.